The van der Waals surface area contributed by atoms with Crippen molar-refractivity contribution in [3.63, 3.8) is 0 Å². The van der Waals surface area contributed by atoms with Gasteiger partial charge in [-0.3, -0.25) is 9.59 Å². The zero-order chi connectivity index (χ0) is 26.3. The van der Waals surface area contributed by atoms with Crippen molar-refractivity contribution in [2.45, 2.75) is 51.0 Å². The van der Waals surface area contributed by atoms with Gasteiger partial charge in [-0.25, -0.2) is 0 Å². The van der Waals surface area contributed by atoms with Crippen LogP contribution in [0.25, 0.3) is 0 Å². The third-order valence-electron chi connectivity index (χ3n) is 6.67. The van der Waals surface area contributed by atoms with Crippen LogP contribution in [0.3, 0.4) is 0 Å². The molecule has 3 rings (SSSR count). The van der Waals surface area contributed by atoms with Crippen molar-refractivity contribution in [3.05, 3.63) is 91.0 Å². The second kappa shape index (κ2) is 15.1. The summed E-state index contributed by atoms with van der Waals surface area (Å²) in [6.07, 6.45) is 10.2. The van der Waals surface area contributed by atoms with Gasteiger partial charge in [-0.2, -0.15) is 0 Å². The van der Waals surface area contributed by atoms with Crippen molar-refractivity contribution < 1.29 is 9.59 Å². The van der Waals surface area contributed by atoms with Crippen LogP contribution < -0.4 is 27.0 Å². The quantitative estimate of drug-likeness (QED) is 0.180. The van der Waals surface area contributed by atoms with Crippen molar-refractivity contribution in [2.75, 3.05) is 12.7 Å². The maximum Gasteiger partial charge on any atom is 0.220 e. The second-order valence-electron chi connectivity index (χ2n) is 9.22. The number of unbranched alkanes of at least 4 members (excludes halogenated alkanes) is 1. The zero-order valence-electron chi connectivity index (χ0n) is 21.5. The molecule has 1 amide bonds. The number of benzene rings is 3. The first-order valence-corrected chi connectivity index (χ1v) is 15.1. The van der Waals surface area contributed by atoms with Gasteiger partial charge in [0, 0.05) is 19.3 Å². The lowest BCUT2D eigenvalue weighted by molar-refractivity contribution is -0.128. The summed E-state index contributed by atoms with van der Waals surface area (Å²) in [5, 5.41) is 6.91. The summed E-state index contributed by atoms with van der Waals surface area (Å²) >= 11 is 0. The topological polar surface area (TPSA) is 72.2 Å². The minimum atomic E-state index is -1.98. The molecule has 0 aliphatic rings. The van der Waals surface area contributed by atoms with E-state index < -0.39 is 13.3 Å². The van der Waals surface area contributed by atoms with Crippen molar-refractivity contribution in [2.24, 2.45) is 5.73 Å². The molecule has 192 valence electrons. The van der Waals surface area contributed by atoms with Gasteiger partial charge in [-0.05, 0) is 68.6 Å². The van der Waals surface area contributed by atoms with Crippen LogP contribution in [-0.2, 0) is 9.59 Å². The largest absolute Gasteiger partial charge is 0.346 e. The van der Waals surface area contributed by atoms with Gasteiger partial charge in [-0.15, -0.1) is 12.3 Å². The number of terminal acetylenes is 1. The third-order valence-corrected chi connectivity index (χ3v) is 11.2. The van der Waals surface area contributed by atoms with Crippen LogP contribution in [0.5, 0.6) is 0 Å². The summed E-state index contributed by atoms with van der Waals surface area (Å²) < 4.78 is 0. The molecule has 0 saturated carbocycles. The van der Waals surface area contributed by atoms with E-state index in [9.17, 15) is 9.59 Å². The SMILES string of the molecule is C#CCCC(=O)[C@H](CCCCN)NC(=O)CCC[P+](c1ccccc1)(c1ccccc1)c1ccccc1. The molecule has 0 aliphatic heterocycles. The molecule has 0 spiro atoms. The fraction of sp³-hybridized carbons (Fsp3) is 0.312. The van der Waals surface area contributed by atoms with Crippen molar-refractivity contribution in [3.8, 4) is 12.3 Å². The summed E-state index contributed by atoms with van der Waals surface area (Å²) in [7, 11) is -1.98. The highest BCUT2D eigenvalue weighted by molar-refractivity contribution is 7.95. The van der Waals surface area contributed by atoms with Crippen LogP contribution in [0.4, 0.5) is 0 Å². The summed E-state index contributed by atoms with van der Waals surface area (Å²) in [6.45, 7) is 0.573. The fourth-order valence-corrected chi connectivity index (χ4v) is 9.15. The number of carbonyl (C=O) groups excluding carboxylic acids is 2. The Labute approximate surface area is 222 Å². The Morgan fingerprint density at radius 2 is 1.30 bits per heavy atom. The minimum Gasteiger partial charge on any atom is -0.346 e. The number of rotatable bonds is 15. The van der Waals surface area contributed by atoms with E-state index in [0.717, 1.165) is 19.0 Å². The first-order chi connectivity index (χ1) is 18.1. The Kier molecular flexibility index (Phi) is 11.6. The number of nitrogens with two attached hydrogens (primary N) is 1. The zero-order valence-corrected chi connectivity index (χ0v) is 22.4. The smallest absolute Gasteiger partial charge is 0.220 e. The van der Waals surface area contributed by atoms with E-state index in [1.54, 1.807) is 0 Å². The molecule has 0 bridgehead atoms. The average Bonchev–Trinajstić information content (AvgIpc) is 2.95. The standard InChI is InChI=1S/C32H37N2O2P/c1-2-3-23-31(35)30(22-13-14-25-33)34-32(36)24-15-26-37(27-16-7-4-8-17-27,28-18-9-5-10-19-28)29-20-11-6-12-21-29/h1,4-12,16-21,30H,3,13-15,22-26,33H2/p+1/t30-/m0/s1. The van der Waals surface area contributed by atoms with Gasteiger partial charge in [0.1, 0.15) is 23.2 Å². The highest BCUT2D eigenvalue weighted by Gasteiger charge is 2.44. The highest BCUT2D eigenvalue weighted by Crippen LogP contribution is 2.55. The highest BCUT2D eigenvalue weighted by atomic mass is 31.2. The van der Waals surface area contributed by atoms with Crippen LogP contribution in [0.2, 0.25) is 0 Å². The van der Waals surface area contributed by atoms with Gasteiger partial charge in [-0.1, -0.05) is 54.6 Å². The van der Waals surface area contributed by atoms with E-state index in [1.807, 2.05) is 18.2 Å². The monoisotopic (exact) mass is 513 g/mol. The number of ketones is 1. The number of Topliss-reactive ketones (excluding diaryl/α,β-unsaturated/α-hetero) is 1. The van der Waals surface area contributed by atoms with E-state index in [2.05, 4.69) is 84.0 Å². The molecule has 3 N–H and O–H groups in total. The number of hydrogen-bond donors (Lipinski definition) is 2. The van der Waals surface area contributed by atoms with Crippen LogP contribution in [-0.4, -0.2) is 30.4 Å². The Morgan fingerprint density at radius 3 is 1.76 bits per heavy atom. The van der Waals surface area contributed by atoms with Gasteiger partial charge in [0.2, 0.25) is 5.91 Å². The molecule has 37 heavy (non-hydrogen) atoms. The van der Waals surface area contributed by atoms with Crippen LogP contribution in [0.15, 0.2) is 91.0 Å². The van der Waals surface area contributed by atoms with E-state index in [0.29, 0.717) is 32.2 Å². The van der Waals surface area contributed by atoms with Crippen molar-refractivity contribution >= 4 is 34.9 Å². The summed E-state index contributed by atoms with van der Waals surface area (Å²) in [6, 6.07) is 31.5. The van der Waals surface area contributed by atoms with Gasteiger partial charge < -0.3 is 11.1 Å². The van der Waals surface area contributed by atoms with Crippen LogP contribution in [0, 0.1) is 12.3 Å². The molecule has 1 atom stereocenters. The van der Waals surface area contributed by atoms with Crippen LogP contribution in [0.1, 0.15) is 44.9 Å². The molecular formula is C32H38N2O2P+. The molecule has 5 heteroatoms. The maximum atomic E-state index is 13.0. The first-order valence-electron chi connectivity index (χ1n) is 13.1. The maximum absolute atomic E-state index is 13.0. The Hall–Kier alpha value is -3.25. The molecule has 0 heterocycles. The summed E-state index contributed by atoms with van der Waals surface area (Å²) in [4.78, 5) is 25.7. The predicted octanol–water partition coefficient (Wildman–Crippen LogP) is 4.36. The molecule has 0 unspecified atom stereocenters. The molecule has 3 aromatic carbocycles. The number of amides is 1. The number of carbonyl (C=O) groups is 2. The van der Waals surface area contributed by atoms with Crippen molar-refractivity contribution in [1.29, 1.82) is 0 Å². The molecule has 0 aromatic heterocycles. The van der Waals surface area contributed by atoms with Crippen LogP contribution >= 0.6 is 7.26 Å². The van der Waals surface area contributed by atoms with Crippen molar-refractivity contribution in [1.82, 2.24) is 5.32 Å². The average molecular weight is 514 g/mol. The Balaban J connectivity index is 1.81. The molecular weight excluding hydrogens is 475 g/mol. The van der Waals surface area contributed by atoms with E-state index >= 15 is 0 Å². The predicted molar refractivity (Wildman–Crippen MR) is 157 cm³/mol. The Morgan fingerprint density at radius 1 is 0.784 bits per heavy atom. The molecule has 0 fully saturated rings. The molecule has 3 aromatic rings. The van der Waals surface area contributed by atoms with E-state index in [-0.39, 0.29) is 18.1 Å². The molecule has 0 saturated heterocycles. The van der Waals surface area contributed by atoms with E-state index in [4.69, 9.17) is 12.2 Å². The van der Waals surface area contributed by atoms with Gasteiger partial charge in [0.15, 0.2) is 5.78 Å². The van der Waals surface area contributed by atoms with Gasteiger partial charge in [0.25, 0.3) is 0 Å². The number of hydrogen-bond acceptors (Lipinski definition) is 3. The fourth-order valence-electron chi connectivity index (χ4n) is 4.80. The Bertz CT molecular complexity index is 1050. The lowest BCUT2D eigenvalue weighted by Gasteiger charge is -2.27. The molecule has 0 radical (unpaired) electrons. The lowest BCUT2D eigenvalue weighted by Crippen LogP contribution is -2.41. The number of nitrogens with one attached hydrogen (secondary N) is 1. The summed E-state index contributed by atoms with van der Waals surface area (Å²) in [5.41, 5.74) is 5.63. The minimum absolute atomic E-state index is 0.00280. The summed E-state index contributed by atoms with van der Waals surface area (Å²) in [5.74, 6) is 2.44. The second-order valence-corrected chi connectivity index (χ2v) is 12.8. The molecule has 4 nitrogen and oxygen atoms in total. The normalized spacial score (nSPS) is 11.9. The van der Waals surface area contributed by atoms with E-state index in [1.165, 1.54) is 15.9 Å². The lowest BCUT2D eigenvalue weighted by atomic mass is 10.0. The first kappa shape index (κ1) is 28.3. The van der Waals surface area contributed by atoms with Gasteiger partial charge >= 0.3 is 0 Å². The third kappa shape index (κ3) is 7.86. The molecule has 0 aliphatic carbocycles. The van der Waals surface area contributed by atoms with Gasteiger partial charge in [0.05, 0.1) is 12.2 Å².